The van der Waals surface area contributed by atoms with Crippen molar-refractivity contribution in [3.05, 3.63) is 83.6 Å². The van der Waals surface area contributed by atoms with Gasteiger partial charge >= 0.3 is 5.97 Å². The van der Waals surface area contributed by atoms with Crippen molar-refractivity contribution in [2.75, 3.05) is 0 Å². The number of aryl methyl sites for hydroxylation is 1. The predicted molar refractivity (Wildman–Crippen MR) is 108 cm³/mol. The van der Waals surface area contributed by atoms with Gasteiger partial charge in [-0.1, -0.05) is 49.4 Å². The molecule has 0 aliphatic rings. The SMILES string of the molecule is CC/C=C\CCc1nn(-c2ccc(C#N)cc2)c(-c2ccccc2)c1C(=O)O. The van der Waals surface area contributed by atoms with Gasteiger partial charge in [-0.05, 0) is 43.5 Å². The van der Waals surface area contributed by atoms with Gasteiger partial charge < -0.3 is 5.11 Å². The van der Waals surface area contributed by atoms with E-state index < -0.39 is 5.97 Å². The molecule has 0 atom stereocenters. The lowest BCUT2D eigenvalue weighted by atomic mass is 10.0. The average Bonchev–Trinajstić information content (AvgIpc) is 3.11. The van der Waals surface area contributed by atoms with Crippen LogP contribution in [0.4, 0.5) is 0 Å². The molecule has 1 N–H and O–H groups in total. The number of hydrogen-bond acceptors (Lipinski definition) is 3. The number of hydrogen-bond donors (Lipinski definition) is 1. The van der Waals surface area contributed by atoms with E-state index in [-0.39, 0.29) is 5.56 Å². The van der Waals surface area contributed by atoms with Gasteiger partial charge in [0.15, 0.2) is 0 Å². The van der Waals surface area contributed by atoms with Gasteiger partial charge in [-0.25, -0.2) is 9.48 Å². The minimum absolute atomic E-state index is 0.223. The summed E-state index contributed by atoms with van der Waals surface area (Å²) in [6.07, 6.45) is 6.33. The highest BCUT2D eigenvalue weighted by Gasteiger charge is 2.24. The van der Waals surface area contributed by atoms with Crippen LogP contribution in [0, 0.1) is 11.3 Å². The molecule has 1 aromatic heterocycles. The predicted octanol–water partition coefficient (Wildman–Crippen LogP) is 5.01. The number of aromatic nitrogens is 2. The Kier molecular flexibility index (Phi) is 6.03. The van der Waals surface area contributed by atoms with Crippen LogP contribution < -0.4 is 0 Å². The zero-order valence-corrected chi connectivity index (χ0v) is 15.7. The molecule has 0 bridgehead atoms. The molecule has 0 radical (unpaired) electrons. The molecule has 0 unspecified atom stereocenters. The third-order valence-electron chi connectivity index (χ3n) is 4.41. The molecular weight excluding hydrogens is 350 g/mol. The molecule has 0 aliphatic carbocycles. The van der Waals surface area contributed by atoms with E-state index in [2.05, 4.69) is 30.2 Å². The van der Waals surface area contributed by atoms with Gasteiger partial charge in [0.2, 0.25) is 0 Å². The van der Waals surface area contributed by atoms with E-state index in [9.17, 15) is 9.90 Å². The summed E-state index contributed by atoms with van der Waals surface area (Å²) in [7, 11) is 0. The van der Waals surface area contributed by atoms with E-state index in [0.717, 1.165) is 24.1 Å². The highest BCUT2D eigenvalue weighted by Crippen LogP contribution is 2.30. The molecule has 1 heterocycles. The van der Waals surface area contributed by atoms with Crippen LogP contribution in [0.2, 0.25) is 0 Å². The molecule has 5 nitrogen and oxygen atoms in total. The Morgan fingerprint density at radius 2 is 1.86 bits per heavy atom. The van der Waals surface area contributed by atoms with Crippen LogP contribution in [-0.2, 0) is 6.42 Å². The fourth-order valence-electron chi connectivity index (χ4n) is 3.09. The first kappa shape index (κ1) is 19.1. The van der Waals surface area contributed by atoms with Crippen molar-refractivity contribution in [1.82, 2.24) is 9.78 Å². The minimum Gasteiger partial charge on any atom is -0.478 e. The maximum Gasteiger partial charge on any atom is 0.339 e. The quantitative estimate of drug-likeness (QED) is 0.592. The summed E-state index contributed by atoms with van der Waals surface area (Å²) in [6.45, 7) is 2.06. The second-order valence-corrected chi connectivity index (χ2v) is 6.33. The summed E-state index contributed by atoms with van der Waals surface area (Å²) >= 11 is 0. The molecule has 0 aliphatic heterocycles. The van der Waals surface area contributed by atoms with Crippen LogP contribution in [0.5, 0.6) is 0 Å². The van der Waals surface area contributed by atoms with E-state index in [1.165, 1.54) is 0 Å². The zero-order chi connectivity index (χ0) is 19.9. The minimum atomic E-state index is -0.992. The van der Waals surface area contributed by atoms with Gasteiger partial charge in [-0.15, -0.1) is 0 Å². The Bertz CT molecular complexity index is 1030. The molecular formula is C23H21N3O2. The Labute approximate surface area is 164 Å². The summed E-state index contributed by atoms with van der Waals surface area (Å²) in [5.74, 6) is -0.992. The molecule has 140 valence electrons. The number of aromatic carboxylic acids is 1. The van der Waals surface area contributed by atoms with Crippen LogP contribution in [-0.4, -0.2) is 20.9 Å². The van der Waals surface area contributed by atoms with Gasteiger partial charge in [0, 0.05) is 5.56 Å². The summed E-state index contributed by atoms with van der Waals surface area (Å²) < 4.78 is 1.67. The first-order valence-corrected chi connectivity index (χ1v) is 9.21. The molecule has 3 aromatic rings. The number of nitrogens with zero attached hydrogens (tertiary/aromatic N) is 3. The van der Waals surface area contributed by atoms with Crippen LogP contribution in [0.3, 0.4) is 0 Å². The van der Waals surface area contributed by atoms with Gasteiger partial charge in [0.05, 0.1) is 28.7 Å². The first-order chi connectivity index (χ1) is 13.7. The summed E-state index contributed by atoms with van der Waals surface area (Å²) in [6, 6.07) is 18.5. The lowest BCUT2D eigenvalue weighted by Gasteiger charge is -2.09. The second-order valence-electron chi connectivity index (χ2n) is 6.33. The second kappa shape index (κ2) is 8.83. The summed E-state index contributed by atoms with van der Waals surface area (Å²) in [5, 5.41) is 23.6. The highest BCUT2D eigenvalue weighted by molar-refractivity contribution is 5.96. The van der Waals surface area contributed by atoms with E-state index in [1.807, 2.05) is 30.3 Å². The number of carbonyl (C=O) groups is 1. The lowest BCUT2D eigenvalue weighted by molar-refractivity contribution is 0.0696. The van der Waals surface area contributed by atoms with Gasteiger partial charge in [-0.2, -0.15) is 10.4 Å². The molecule has 0 fully saturated rings. The summed E-state index contributed by atoms with van der Waals surface area (Å²) in [4.78, 5) is 12.1. The van der Waals surface area contributed by atoms with Crippen LogP contribution in [0.15, 0.2) is 66.7 Å². The van der Waals surface area contributed by atoms with Crippen LogP contribution >= 0.6 is 0 Å². The van der Waals surface area contributed by atoms with Crippen molar-refractivity contribution < 1.29 is 9.90 Å². The third-order valence-corrected chi connectivity index (χ3v) is 4.41. The van der Waals surface area contributed by atoms with E-state index in [1.54, 1.807) is 28.9 Å². The number of carboxylic acids is 1. The highest BCUT2D eigenvalue weighted by atomic mass is 16.4. The molecule has 0 amide bonds. The van der Waals surface area contributed by atoms with Crippen molar-refractivity contribution in [2.24, 2.45) is 0 Å². The number of nitriles is 1. The monoisotopic (exact) mass is 371 g/mol. The maximum atomic E-state index is 12.1. The van der Waals surface area contributed by atoms with Crippen molar-refractivity contribution in [3.63, 3.8) is 0 Å². The van der Waals surface area contributed by atoms with E-state index in [0.29, 0.717) is 23.4 Å². The molecule has 3 rings (SSSR count). The largest absolute Gasteiger partial charge is 0.478 e. The van der Waals surface area contributed by atoms with E-state index in [4.69, 9.17) is 5.26 Å². The average molecular weight is 371 g/mol. The smallest absolute Gasteiger partial charge is 0.339 e. The fraction of sp³-hybridized carbons (Fsp3) is 0.174. The Balaban J connectivity index is 2.17. The maximum absolute atomic E-state index is 12.1. The fourth-order valence-corrected chi connectivity index (χ4v) is 3.09. The molecule has 2 aromatic carbocycles. The standard InChI is InChI=1S/C23H21N3O2/c1-2-3-4-8-11-20-21(23(27)28)22(18-9-6-5-7-10-18)26(25-20)19-14-12-17(16-24)13-15-19/h3-7,9-10,12-15H,2,8,11H2,1H3,(H,27,28)/b4-3-. The van der Waals surface area contributed by atoms with Crippen molar-refractivity contribution in [2.45, 2.75) is 26.2 Å². The van der Waals surface area contributed by atoms with Crippen LogP contribution in [0.25, 0.3) is 16.9 Å². The third kappa shape index (κ3) is 4.02. The number of rotatable bonds is 7. The molecule has 0 saturated carbocycles. The zero-order valence-electron chi connectivity index (χ0n) is 15.7. The van der Waals surface area contributed by atoms with Crippen molar-refractivity contribution in [1.29, 1.82) is 5.26 Å². The Morgan fingerprint density at radius 1 is 1.14 bits per heavy atom. The Hall–Kier alpha value is -3.65. The Morgan fingerprint density at radius 3 is 2.46 bits per heavy atom. The number of allylic oxidation sites excluding steroid dienone is 2. The topological polar surface area (TPSA) is 78.9 Å². The lowest BCUT2D eigenvalue weighted by Crippen LogP contribution is -2.03. The molecule has 28 heavy (non-hydrogen) atoms. The first-order valence-electron chi connectivity index (χ1n) is 9.21. The molecule has 0 saturated heterocycles. The van der Waals surface area contributed by atoms with Crippen molar-refractivity contribution in [3.8, 4) is 23.0 Å². The van der Waals surface area contributed by atoms with Crippen LogP contribution in [0.1, 0.15) is 41.4 Å². The van der Waals surface area contributed by atoms with Gasteiger partial charge in [0.25, 0.3) is 0 Å². The summed E-state index contributed by atoms with van der Waals surface area (Å²) in [5.41, 5.74) is 3.37. The van der Waals surface area contributed by atoms with Crippen molar-refractivity contribution >= 4 is 5.97 Å². The molecule has 0 spiro atoms. The number of carboxylic acid groups (broad SMARTS) is 1. The van der Waals surface area contributed by atoms with E-state index >= 15 is 0 Å². The normalized spacial score (nSPS) is 10.9. The molecule has 5 heteroatoms. The van der Waals surface area contributed by atoms with Gasteiger partial charge in [-0.3, -0.25) is 0 Å². The van der Waals surface area contributed by atoms with Gasteiger partial charge in [0.1, 0.15) is 5.56 Å². The number of benzene rings is 2.